The second-order valence-electron chi connectivity index (χ2n) is 3.37. The van der Waals surface area contributed by atoms with Crippen LogP contribution >= 0.6 is 15.9 Å². The Morgan fingerprint density at radius 1 is 1.53 bits per heavy atom. The normalized spacial score (nSPS) is 12.5. The zero-order valence-corrected chi connectivity index (χ0v) is 10.3. The second kappa shape index (κ2) is 6.10. The van der Waals surface area contributed by atoms with Crippen LogP contribution < -0.4 is 10.5 Å². The van der Waals surface area contributed by atoms with Crippen molar-refractivity contribution in [1.82, 2.24) is 0 Å². The number of aliphatic hydroxyl groups is 1. The average molecular weight is 274 g/mol. The van der Waals surface area contributed by atoms with E-state index in [0.717, 1.165) is 28.6 Å². The molecule has 0 saturated heterocycles. The van der Waals surface area contributed by atoms with Crippen LogP contribution in [-0.4, -0.2) is 18.8 Å². The third-order valence-corrected chi connectivity index (χ3v) is 2.90. The van der Waals surface area contributed by atoms with Crippen molar-refractivity contribution >= 4 is 15.9 Å². The standard InChI is InChI=1S/C11H16BrNO2/c1-15-11-5-4-8(7-9(11)12)10(13)3-2-6-14/h4-5,7,10,14H,2-3,6,13H2,1H3/t10-/m1/s1. The van der Waals surface area contributed by atoms with Gasteiger partial charge < -0.3 is 15.6 Å². The summed E-state index contributed by atoms with van der Waals surface area (Å²) >= 11 is 3.41. The smallest absolute Gasteiger partial charge is 0.133 e. The summed E-state index contributed by atoms with van der Waals surface area (Å²) < 4.78 is 6.04. The van der Waals surface area contributed by atoms with E-state index in [-0.39, 0.29) is 12.6 Å². The van der Waals surface area contributed by atoms with Crippen molar-refractivity contribution in [2.24, 2.45) is 5.73 Å². The molecule has 1 aromatic rings. The van der Waals surface area contributed by atoms with Crippen molar-refractivity contribution in [3.05, 3.63) is 28.2 Å². The summed E-state index contributed by atoms with van der Waals surface area (Å²) in [5.74, 6) is 0.799. The number of benzene rings is 1. The molecule has 0 amide bonds. The Balaban J connectivity index is 2.73. The maximum Gasteiger partial charge on any atom is 0.133 e. The second-order valence-corrected chi connectivity index (χ2v) is 4.22. The molecule has 0 aliphatic heterocycles. The largest absolute Gasteiger partial charge is 0.496 e. The molecule has 0 radical (unpaired) electrons. The molecule has 0 saturated carbocycles. The molecular formula is C11H16BrNO2. The Labute approximate surface area is 98.4 Å². The first kappa shape index (κ1) is 12.5. The third kappa shape index (κ3) is 3.48. The summed E-state index contributed by atoms with van der Waals surface area (Å²) in [6.45, 7) is 0.186. The van der Waals surface area contributed by atoms with Crippen LogP contribution in [0, 0.1) is 0 Å². The predicted molar refractivity (Wildman–Crippen MR) is 63.9 cm³/mol. The van der Waals surface area contributed by atoms with Gasteiger partial charge >= 0.3 is 0 Å². The SMILES string of the molecule is COc1ccc([C@H](N)CCCO)cc1Br. The van der Waals surface area contributed by atoms with Crippen LogP contribution in [0.1, 0.15) is 24.4 Å². The first-order chi connectivity index (χ1) is 7.19. The van der Waals surface area contributed by atoms with Gasteiger partial charge in [0.1, 0.15) is 5.75 Å². The van der Waals surface area contributed by atoms with E-state index >= 15 is 0 Å². The Morgan fingerprint density at radius 3 is 2.80 bits per heavy atom. The van der Waals surface area contributed by atoms with Crippen LogP contribution in [0.15, 0.2) is 22.7 Å². The van der Waals surface area contributed by atoms with Crippen molar-refractivity contribution in [2.75, 3.05) is 13.7 Å². The lowest BCUT2D eigenvalue weighted by atomic mass is 10.0. The van der Waals surface area contributed by atoms with Crippen LogP contribution in [0.25, 0.3) is 0 Å². The zero-order chi connectivity index (χ0) is 11.3. The van der Waals surface area contributed by atoms with Gasteiger partial charge in [0, 0.05) is 12.6 Å². The van der Waals surface area contributed by atoms with Crippen LogP contribution in [0.5, 0.6) is 5.75 Å². The maximum atomic E-state index is 8.71. The molecule has 1 rings (SSSR count). The van der Waals surface area contributed by atoms with Gasteiger partial charge in [-0.3, -0.25) is 0 Å². The first-order valence-corrected chi connectivity index (χ1v) is 5.68. The van der Waals surface area contributed by atoms with Gasteiger partial charge in [-0.2, -0.15) is 0 Å². The molecule has 0 heterocycles. The number of ether oxygens (including phenoxy) is 1. The summed E-state index contributed by atoms with van der Waals surface area (Å²) in [7, 11) is 1.63. The number of hydrogen-bond acceptors (Lipinski definition) is 3. The number of hydrogen-bond donors (Lipinski definition) is 2. The molecular weight excluding hydrogens is 258 g/mol. The fourth-order valence-corrected chi connectivity index (χ4v) is 1.95. The lowest BCUT2D eigenvalue weighted by Gasteiger charge is -2.12. The molecule has 84 valence electrons. The molecule has 3 N–H and O–H groups in total. The van der Waals surface area contributed by atoms with E-state index in [9.17, 15) is 0 Å². The number of nitrogens with two attached hydrogens (primary N) is 1. The fourth-order valence-electron chi connectivity index (χ4n) is 1.39. The summed E-state index contributed by atoms with van der Waals surface area (Å²) in [4.78, 5) is 0. The van der Waals surface area contributed by atoms with Gasteiger partial charge in [-0.25, -0.2) is 0 Å². The summed E-state index contributed by atoms with van der Waals surface area (Å²) in [5.41, 5.74) is 7.02. The Bertz CT molecular complexity index is 317. The highest BCUT2D eigenvalue weighted by Gasteiger charge is 2.08. The topological polar surface area (TPSA) is 55.5 Å². The number of aliphatic hydroxyl groups excluding tert-OH is 1. The average Bonchev–Trinajstić information content (AvgIpc) is 2.25. The zero-order valence-electron chi connectivity index (χ0n) is 8.74. The Morgan fingerprint density at radius 2 is 2.27 bits per heavy atom. The molecule has 4 heteroatoms. The lowest BCUT2D eigenvalue weighted by Crippen LogP contribution is -2.10. The van der Waals surface area contributed by atoms with Crippen molar-refractivity contribution in [3.63, 3.8) is 0 Å². The van der Waals surface area contributed by atoms with Gasteiger partial charge in [0.15, 0.2) is 0 Å². The van der Waals surface area contributed by atoms with E-state index in [1.165, 1.54) is 0 Å². The number of rotatable bonds is 5. The summed E-state index contributed by atoms with van der Waals surface area (Å²) in [6.07, 6.45) is 1.51. The van der Waals surface area contributed by atoms with E-state index in [0.29, 0.717) is 0 Å². The molecule has 0 aliphatic carbocycles. The van der Waals surface area contributed by atoms with Crippen molar-refractivity contribution in [1.29, 1.82) is 0 Å². The molecule has 15 heavy (non-hydrogen) atoms. The highest BCUT2D eigenvalue weighted by molar-refractivity contribution is 9.10. The van der Waals surface area contributed by atoms with E-state index in [1.807, 2.05) is 18.2 Å². The van der Waals surface area contributed by atoms with E-state index in [1.54, 1.807) is 7.11 Å². The van der Waals surface area contributed by atoms with Crippen LogP contribution in [-0.2, 0) is 0 Å². The quantitative estimate of drug-likeness (QED) is 0.865. The molecule has 3 nitrogen and oxygen atoms in total. The molecule has 0 unspecified atom stereocenters. The van der Waals surface area contributed by atoms with Gasteiger partial charge in [-0.05, 0) is 46.5 Å². The molecule has 0 fully saturated rings. The molecule has 0 bridgehead atoms. The lowest BCUT2D eigenvalue weighted by molar-refractivity contribution is 0.280. The highest BCUT2D eigenvalue weighted by Crippen LogP contribution is 2.28. The number of halogens is 1. The van der Waals surface area contributed by atoms with Crippen molar-refractivity contribution in [2.45, 2.75) is 18.9 Å². The molecule has 1 atom stereocenters. The van der Waals surface area contributed by atoms with Gasteiger partial charge in [0.25, 0.3) is 0 Å². The van der Waals surface area contributed by atoms with Crippen LogP contribution in [0.3, 0.4) is 0 Å². The highest BCUT2D eigenvalue weighted by atomic mass is 79.9. The first-order valence-electron chi connectivity index (χ1n) is 4.89. The minimum Gasteiger partial charge on any atom is -0.496 e. The van der Waals surface area contributed by atoms with Crippen LogP contribution in [0.4, 0.5) is 0 Å². The minimum absolute atomic E-state index is 0.0284. The molecule has 0 spiro atoms. The van der Waals surface area contributed by atoms with Crippen molar-refractivity contribution in [3.8, 4) is 5.75 Å². The van der Waals surface area contributed by atoms with E-state index < -0.39 is 0 Å². The Hall–Kier alpha value is -0.580. The van der Waals surface area contributed by atoms with Crippen molar-refractivity contribution < 1.29 is 9.84 Å². The molecule has 0 aliphatic rings. The minimum atomic E-state index is -0.0284. The van der Waals surface area contributed by atoms with E-state index in [2.05, 4.69) is 15.9 Å². The monoisotopic (exact) mass is 273 g/mol. The predicted octanol–water partition coefficient (Wildman–Crippen LogP) is 2.23. The van der Waals surface area contributed by atoms with Gasteiger partial charge in [-0.1, -0.05) is 6.07 Å². The van der Waals surface area contributed by atoms with Gasteiger partial charge in [-0.15, -0.1) is 0 Å². The van der Waals surface area contributed by atoms with Crippen LogP contribution in [0.2, 0.25) is 0 Å². The number of methoxy groups -OCH3 is 1. The third-order valence-electron chi connectivity index (χ3n) is 2.28. The maximum absolute atomic E-state index is 8.71. The summed E-state index contributed by atoms with van der Waals surface area (Å²) in [5, 5.41) is 8.71. The fraction of sp³-hybridized carbons (Fsp3) is 0.455. The molecule has 0 aromatic heterocycles. The summed E-state index contributed by atoms with van der Waals surface area (Å²) in [6, 6.07) is 5.77. The molecule has 1 aromatic carbocycles. The van der Waals surface area contributed by atoms with Gasteiger partial charge in [0.05, 0.1) is 11.6 Å². The van der Waals surface area contributed by atoms with E-state index in [4.69, 9.17) is 15.6 Å². The van der Waals surface area contributed by atoms with Gasteiger partial charge in [0.2, 0.25) is 0 Å². The Kier molecular flexibility index (Phi) is 5.08.